The number of carbonyl (C=O) groups excluding carboxylic acids is 2. The first-order chi connectivity index (χ1) is 13.8. The second-order valence-corrected chi connectivity index (χ2v) is 8.14. The van der Waals surface area contributed by atoms with Crippen LogP contribution in [0.15, 0.2) is 24.3 Å². The zero-order valence-electron chi connectivity index (χ0n) is 18.0. The molecule has 1 aliphatic heterocycles. The summed E-state index contributed by atoms with van der Waals surface area (Å²) in [5.74, 6) is 0.503. The Kier molecular flexibility index (Phi) is 8.76. The summed E-state index contributed by atoms with van der Waals surface area (Å²) in [7, 11) is 0. The number of hydrogen-bond donors (Lipinski definition) is 1. The van der Waals surface area contributed by atoms with Gasteiger partial charge in [-0.25, -0.2) is 4.79 Å². The largest absolute Gasteiger partial charge is 0.491 e. The van der Waals surface area contributed by atoms with Crippen molar-refractivity contribution >= 4 is 12.0 Å². The molecule has 1 saturated heterocycles. The molecule has 0 bridgehead atoms. The van der Waals surface area contributed by atoms with Crippen molar-refractivity contribution in [2.45, 2.75) is 58.7 Å². The molecule has 1 aromatic rings. The Balaban J connectivity index is 1.74. The van der Waals surface area contributed by atoms with Gasteiger partial charge in [-0.3, -0.25) is 4.79 Å². The van der Waals surface area contributed by atoms with Gasteiger partial charge in [0, 0.05) is 31.8 Å². The van der Waals surface area contributed by atoms with Crippen molar-refractivity contribution in [3.8, 4) is 5.75 Å². The highest BCUT2D eigenvalue weighted by molar-refractivity contribution is 5.94. The molecule has 0 radical (unpaired) electrons. The van der Waals surface area contributed by atoms with Gasteiger partial charge in [0.1, 0.15) is 18.0 Å². The Bertz CT molecular complexity index is 665. The summed E-state index contributed by atoms with van der Waals surface area (Å²) in [6.45, 7) is 10.3. The minimum Gasteiger partial charge on any atom is -0.491 e. The number of benzene rings is 1. The maximum absolute atomic E-state index is 12.4. The van der Waals surface area contributed by atoms with Gasteiger partial charge in [0.25, 0.3) is 5.91 Å². The number of rotatable bonds is 9. The lowest BCUT2D eigenvalue weighted by atomic mass is 10.2. The minimum atomic E-state index is -0.518. The molecule has 1 aliphatic rings. The van der Waals surface area contributed by atoms with Crippen molar-refractivity contribution in [2.75, 3.05) is 32.8 Å². The second kappa shape index (κ2) is 11.0. The van der Waals surface area contributed by atoms with E-state index in [1.54, 1.807) is 23.1 Å². The molecular weight excluding hydrogens is 372 g/mol. The lowest BCUT2D eigenvalue weighted by molar-refractivity contribution is 0.0259. The summed E-state index contributed by atoms with van der Waals surface area (Å²) in [5.41, 5.74) is 0.0321. The van der Waals surface area contributed by atoms with Crippen molar-refractivity contribution in [3.05, 3.63) is 29.8 Å². The van der Waals surface area contributed by atoms with Gasteiger partial charge in [-0.15, -0.1) is 0 Å². The van der Waals surface area contributed by atoms with Gasteiger partial charge in [-0.2, -0.15) is 0 Å². The predicted molar refractivity (Wildman–Crippen MR) is 111 cm³/mol. The first kappa shape index (κ1) is 23.0. The van der Waals surface area contributed by atoms with E-state index >= 15 is 0 Å². The molecule has 1 fully saturated rings. The van der Waals surface area contributed by atoms with Gasteiger partial charge in [0.2, 0.25) is 0 Å². The van der Waals surface area contributed by atoms with Crippen LogP contribution < -0.4 is 10.1 Å². The van der Waals surface area contributed by atoms with Crippen LogP contribution in [0, 0.1) is 0 Å². The molecule has 7 nitrogen and oxygen atoms in total. The lowest BCUT2D eigenvalue weighted by Crippen LogP contribution is -2.38. The average Bonchev–Trinajstić information content (AvgIpc) is 3.18. The monoisotopic (exact) mass is 406 g/mol. The Hall–Kier alpha value is -2.28. The van der Waals surface area contributed by atoms with Crippen molar-refractivity contribution in [3.63, 3.8) is 0 Å². The van der Waals surface area contributed by atoms with Gasteiger partial charge in [0.05, 0.1) is 6.10 Å². The van der Waals surface area contributed by atoms with E-state index in [4.69, 9.17) is 14.2 Å². The van der Waals surface area contributed by atoms with Crippen LogP contribution in [-0.2, 0) is 9.47 Å². The highest BCUT2D eigenvalue weighted by Gasteiger charge is 2.21. The summed E-state index contributed by atoms with van der Waals surface area (Å²) in [4.78, 5) is 26.2. The van der Waals surface area contributed by atoms with Crippen LogP contribution in [0.25, 0.3) is 0 Å². The standard InChI is InChI=1S/C22H34N2O5/c1-5-24(21(26)29-22(2,3)4)13-8-12-23-20(25)17-9-6-10-18(15-17)28-16-19-11-7-14-27-19/h6,9-10,15,19H,5,7-8,11-14,16H2,1-4H3,(H,23,25)/t19-/m1/s1. The summed E-state index contributed by atoms with van der Waals surface area (Å²) in [6, 6.07) is 7.14. The molecule has 29 heavy (non-hydrogen) atoms. The zero-order valence-corrected chi connectivity index (χ0v) is 18.0. The topological polar surface area (TPSA) is 77.1 Å². The molecule has 0 unspecified atom stereocenters. The molecule has 1 N–H and O–H groups in total. The fourth-order valence-electron chi connectivity index (χ4n) is 2.97. The third kappa shape index (κ3) is 8.31. The van der Waals surface area contributed by atoms with Crippen LogP contribution in [-0.4, -0.2) is 61.5 Å². The summed E-state index contributed by atoms with van der Waals surface area (Å²) in [5, 5.41) is 2.89. The van der Waals surface area contributed by atoms with E-state index in [1.807, 2.05) is 33.8 Å². The van der Waals surface area contributed by atoms with E-state index in [1.165, 1.54) is 0 Å². The first-order valence-corrected chi connectivity index (χ1v) is 10.4. The molecule has 2 amide bonds. The van der Waals surface area contributed by atoms with E-state index in [0.717, 1.165) is 19.4 Å². The van der Waals surface area contributed by atoms with Crippen molar-refractivity contribution in [2.24, 2.45) is 0 Å². The molecule has 0 spiro atoms. The number of nitrogens with zero attached hydrogens (tertiary/aromatic N) is 1. The summed E-state index contributed by atoms with van der Waals surface area (Å²) < 4.78 is 16.7. The van der Waals surface area contributed by atoms with Crippen LogP contribution >= 0.6 is 0 Å². The quantitative estimate of drug-likeness (QED) is 0.634. The number of hydrogen-bond acceptors (Lipinski definition) is 5. The molecule has 2 rings (SSSR count). The molecule has 1 atom stereocenters. The molecule has 1 heterocycles. The fraction of sp³-hybridized carbons (Fsp3) is 0.636. The maximum Gasteiger partial charge on any atom is 0.410 e. The third-order valence-corrected chi connectivity index (χ3v) is 4.48. The van der Waals surface area contributed by atoms with Gasteiger partial charge in [-0.05, 0) is 65.2 Å². The van der Waals surface area contributed by atoms with Crippen LogP contribution in [0.4, 0.5) is 4.79 Å². The highest BCUT2D eigenvalue weighted by atomic mass is 16.6. The SMILES string of the molecule is CCN(CCCNC(=O)c1cccc(OC[C@H]2CCCO2)c1)C(=O)OC(C)(C)C. The third-order valence-electron chi connectivity index (χ3n) is 4.48. The zero-order chi connectivity index (χ0) is 21.3. The van der Waals surface area contributed by atoms with E-state index in [2.05, 4.69) is 5.32 Å². The second-order valence-electron chi connectivity index (χ2n) is 8.14. The van der Waals surface area contributed by atoms with Gasteiger partial charge < -0.3 is 24.4 Å². The van der Waals surface area contributed by atoms with Crippen molar-refractivity contribution < 1.29 is 23.8 Å². The van der Waals surface area contributed by atoms with E-state index in [9.17, 15) is 9.59 Å². The Morgan fingerprint density at radius 2 is 2.10 bits per heavy atom. The Labute approximate surface area is 173 Å². The van der Waals surface area contributed by atoms with E-state index < -0.39 is 5.60 Å². The van der Waals surface area contributed by atoms with Gasteiger partial charge >= 0.3 is 6.09 Å². The molecule has 0 aromatic heterocycles. The number of carbonyl (C=O) groups is 2. The lowest BCUT2D eigenvalue weighted by Gasteiger charge is -2.26. The van der Waals surface area contributed by atoms with E-state index in [0.29, 0.717) is 44.0 Å². The van der Waals surface area contributed by atoms with Crippen LogP contribution in [0.1, 0.15) is 57.3 Å². The molecule has 0 aliphatic carbocycles. The number of amides is 2. The average molecular weight is 407 g/mol. The molecule has 7 heteroatoms. The predicted octanol–water partition coefficient (Wildman–Crippen LogP) is 3.62. The molecule has 162 valence electrons. The normalized spacial score (nSPS) is 16.3. The van der Waals surface area contributed by atoms with Crippen LogP contribution in [0.2, 0.25) is 0 Å². The van der Waals surface area contributed by atoms with Crippen LogP contribution in [0.3, 0.4) is 0 Å². The molecular formula is C22H34N2O5. The summed E-state index contributed by atoms with van der Waals surface area (Å²) >= 11 is 0. The van der Waals surface area contributed by atoms with Gasteiger partial charge in [-0.1, -0.05) is 6.07 Å². The molecule has 1 aromatic carbocycles. The van der Waals surface area contributed by atoms with Gasteiger partial charge in [0.15, 0.2) is 0 Å². The Morgan fingerprint density at radius 3 is 2.76 bits per heavy atom. The number of ether oxygens (including phenoxy) is 3. The molecule has 0 saturated carbocycles. The first-order valence-electron chi connectivity index (χ1n) is 10.4. The fourth-order valence-corrected chi connectivity index (χ4v) is 2.97. The number of nitrogens with one attached hydrogen (secondary N) is 1. The summed E-state index contributed by atoms with van der Waals surface area (Å²) in [6.07, 6.45) is 2.54. The Morgan fingerprint density at radius 1 is 1.31 bits per heavy atom. The smallest absolute Gasteiger partial charge is 0.410 e. The van der Waals surface area contributed by atoms with Crippen LogP contribution in [0.5, 0.6) is 5.75 Å². The van der Waals surface area contributed by atoms with Crippen molar-refractivity contribution in [1.29, 1.82) is 0 Å². The van der Waals surface area contributed by atoms with E-state index in [-0.39, 0.29) is 18.1 Å². The maximum atomic E-state index is 12.4. The minimum absolute atomic E-state index is 0.138. The van der Waals surface area contributed by atoms with Crippen molar-refractivity contribution in [1.82, 2.24) is 10.2 Å². The highest BCUT2D eigenvalue weighted by Crippen LogP contribution is 2.17.